The highest BCUT2D eigenvalue weighted by molar-refractivity contribution is 7.16. The molecule has 2 aliphatic carbocycles. The molecule has 3 rings (SSSR count). The summed E-state index contributed by atoms with van der Waals surface area (Å²) in [5.41, 5.74) is 6.18. The van der Waals surface area contributed by atoms with Crippen LogP contribution in [0.5, 0.6) is 0 Å². The molecule has 0 radical (unpaired) electrons. The minimum atomic E-state index is 0.106. The fourth-order valence-electron chi connectivity index (χ4n) is 3.55. The average molecular weight is 270 g/mol. The van der Waals surface area contributed by atoms with Crippen molar-refractivity contribution in [2.24, 2.45) is 23.5 Å². The lowest BCUT2D eigenvalue weighted by Gasteiger charge is -2.26. The summed E-state index contributed by atoms with van der Waals surface area (Å²) < 4.78 is 0.755. The summed E-state index contributed by atoms with van der Waals surface area (Å²) in [6, 6.07) is 3.91. The fraction of sp³-hybridized carbons (Fsp3) is 0.615. The predicted molar refractivity (Wildman–Crippen MR) is 70.3 cm³/mol. The zero-order valence-electron chi connectivity index (χ0n) is 9.56. The van der Waals surface area contributed by atoms with Gasteiger partial charge in [-0.2, -0.15) is 0 Å². The van der Waals surface area contributed by atoms with E-state index in [-0.39, 0.29) is 12.0 Å². The largest absolute Gasteiger partial charge is 0.327 e. The van der Waals surface area contributed by atoms with Gasteiger partial charge in [-0.1, -0.05) is 11.6 Å². The van der Waals surface area contributed by atoms with Crippen molar-refractivity contribution in [3.05, 3.63) is 21.3 Å². The van der Waals surface area contributed by atoms with Gasteiger partial charge in [-0.25, -0.2) is 0 Å². The molecule has 0 aromatic carbocycles. The molecule has 17 heavy (non-hydrogen) atoms. The van der Waals surface area contributed by atoms with Crippen LogP contribution in [0.15, 0.2) is 12.1 Å². The molecule has 0 aliphatic heterocycles. The Morgan fingerprint density at radius 3 is 2.76 bits per heavy atom. The summed E-state index contributed by atoms with van der Waals surface area (Å²) in [6.07, 6.45) is 4.10. The molecule has 1 aromatic heterocycles. The van der Waals surface area contributed by atoms with Crippen molar-refractivity contribution in [1.29, 1.82) is 0 Å². The Morgan fingerprint density at radius 2 is 2.18 bits per heavy atom. The van der Waals surface area contributed by atoms with Crippen LogP contribution in [0.2, 0.25) is 4.34 Å². The second-order valence-electron chi connectivity index (χ2n) is 5.29. The minimum Gasteiger partial charge on any atom is -0.327 e. The van der Waals surface area contributed by atoms with Crippen LogP contribution in [0.4, 0.5) is 0 Å². The van der Waals surface area contributed by atoms with E-state index < -0.39 is 0 Å². The molecule has 2 fully saturated rings. The number of thiophene rings is 1. The van der Waals surface area contributed by atoms with Crippen LogP contribution in [0.25, 0.3) is 0 Å². The molecular formula is C13H16ClNOS. The molecule has 0 spiro atoms. The van der Waals surface area contributed by atoms with Gasteiger partial charge in [0.1, 0.15) is 5.78 Å². The smallest absolute Gasteiger partial charge is 0.142 e. The van der Waals surface area contributed by atoms with Gasteiger partial charge in [0.15, 0.2) is 0 Å². The van der Waals surface area contributed by atoms with E-state index in [0.29, 0.717) is 24.0 Å². The molecule has 2 N–H and O–H groups in total. The molecule has 1 aromatic rings. The van der Waals surface area contributed by atoms with Crippen LogP contribution in [0, 0.1) is 17.8 Å². The minimum absolute atomic E-state index is 0.106. The van der Waals surface area contributed by atoms with Gasteiger partial charge in [0.2, 0.25) is 0 Å². The molecule has 0 amide bonds. The number of carbonyl (C=O) groups is 1. The number of fused-ring (bicyclic) bond motifs is 2. The first-order chi connectivity index (χ1) is 8.15. The molecule has 0 saturated heterocycles. The standard InChI is InChI=1S/C13H16ClNOS/c14-11-4-3-9(17-11)6-10(16)12-7-1-2-8(5-7)13(12)15/h3-4,7-8,12-13H,1-2,5-6,15H2. The van der Waals surface area contributed by atoms with E-state index in [4.69, 9.17) is 17.3 Å². The zero-order chi connectivity index (χ0) is 12.0. The first-order valence-electron chi connectivity index (χ1n) is 6.17. The highest BCUT2D eigenvalue weighted by Gasteiger charge is 2.48. The lowest BCUT2D eigenvalue weighted by molar-refractivity contribution is -0.124. The highest BCUT2D eigenvalue weighted by Crippen LogP contribution is 2.48. The van der Waals surface area contributed by atoms with Crippen molar-refractivity contribution >= 4 is 28.7 Å². The summed E-state index contributed by atoms with van der Waals surface area (Å²) in [5.74, 6) is 1.58. The van der Waals surface area contributed by atoms with Crippen LogP contribution in [-0.2, 0) is 11.2 Å². The van der Waals surface area contributed by atoms with Crippen molar-refractivity contribution in [3.8, 4) is 0 Å². The number of Topliss-reactive ketones (excluding diaryl/α,β-unsaturated/α-hetero) is 1. The van der Waals surface area contributed by atoms with Gasteiger partial charge in [-0.3, -0.25) is 4.79 Å². The molecule has 2 saturated carbocycles. The lowest BCUT2D eigenvalue weighted by Crippen LogP contribution is -2.40. The Morgan fingerprint density at radius 1 is 1.41 bits per heavy atom. The van der Waals surface area contributed by atoms with Crippen LogP contribution >= 0.6 is 22.9 Å². The normalized spacial score (nSPS) is 35.4. The Labute approximate surface area is 110 Å². The molecule has 2 nitrogen and oxygen atoms in total. The van der Waals surface area contributed by atoms with Crippen LogP contribution in [0.3, 0.4) is 0 Å². The maximum atomic E-state index is 12.3. The van der Waals surface area contributed by atoms with Crippen LogP contribution < -0.4 is 5.73 Å². The van der Waals surface area contributed by atoms with Gasteiger partial charge >= 0.3 is 0 Å². The van der Waals surface area contributed by atoms with Crippen molar-refractivity contribution < 1.29 is 4.79 Å². The van der Waals surface area contributed by atoms with E-state index in [0.717, 1.165) is 9.21 Å². The molecule has 92 valence electrons. The van der Waals surface area contributed by atoms with Crippen molar-refractivity contribution in [2.45, 2.75) is 31.7 Å². The summed E-state index contributed by atoms with van der Waals surface area (Å²) in [5, 5.41) is 0. The summed E-state index contributed by atoms with van der Waals surface area (Å²) >= 11 is 7.38. The topological polar surface area (TPSA) is 43.1 Å². The molecule has 2 aliphatic rings. The van der Waals surface area contributed by atoms with Crippen LogP contribution in [0.1, 0.15) is 24.1 Å². The number of ketones is 1. The Balaban J connectivity index is 1.70. The molecule has 2 bridgehead atoms. The number of nitrogens with two attached hydrogens (primary N) is 1. The first kappa shape index (κ1) is 11.7. The number of carbonyl (C=O) groups excluding carboxylic acids is 1. The van der Waals surface area contributed by atoms with Crippen molar-refractivity contribution in [3.63, 3.8) is 0 Å². The van der Waals surface area contributed by atoms with Gasteiger partial charge in [0.25, 0.3) is 0 Å². The zero-order valence-corrected chi connectivity index (χ0v) is 11.1. The van der Waals surface area contributed by atoms with E-state index in [1.54, 1.807) is 0 Å². The van der Waals surface area contributed by atoms with Crippen LogP contribution in [-0.4, -0.2) is 11.8 Å². The third-order valence-corrected chi connectivity index (χ3v) is 5.56. The summed E-state index contributed by atoms with van der Waals surface area (Å²) in [4.78, 5) is 13.4. The van der Waals surface area contributed by atoms with Crippen molar-refractivity contribution in [2.75, 3.05) is 0 Å². The Kier molecular flexibility index (Phi) is 3.01. The monoisotopic (exact) mass is 269 g/mol. The number of rotatable bonds is 3. The third kappa shape index (κ3) is 2.05. The molecule has 4 heteroatoms. The van der Waals surface area contributed by atoms with Gasteiger partial charge in [-0.15, -0.1) is 11.3 Å². The number of hydrogen-bond donors (Lipinski definition) is 1. The SMILES string of the molecule is NC1C2CCC(C2)C1C(=O)Cc1ccc(Cl)s1. The van der Waals surface area contributed by atoms with E-state index in [9.17, 15) is 4.79 Å². The third-order valence-electron chi connectivity index (χ3n) is 4.33. The Hall–Kier alpha value is -0.380. The second-order valence-corrected chi connectivity index (χ2v) is 7.08. The lowest BCUT2D eigenvalue weighted by atomic mass is 9.81. The van der Waals surface area contributed by atoms with E-state index in [1.807, 2.05) is 12.1 Å². The predicted octanol–water partition coefficient (Wildman–Crippen LogP) is 2.89. The maximum absolute atomic E-state index is 12.3. The molecule has 1 heterocycles. The van der Waals surface area contributed by atoms with Gasteiger partial charge in [0, 0.05) is 23.3 Å². The van der Waals surface area contributed by atoms with Crippen molar-refractivity contribution in [1.82, 2.24) is 0 Å². The van der Waals surface area contributed by atoms with E-state index >= 15 is 0 Å². The Bertz CT molecular complexity index is 442. The highest BCUT2D eigenvalue weighted by atomic mass is 35.5. The molecular weight excluding hydrogens is 254 g/mol. The fourth-order valence-corrected chi connectivity index (χ4v) is 4.65. The van der Waals surface area contributed by atoms with Gasteiger partial charge in [-0.05, 0) is 43.2 Å². The summed E-state index contributed by atoms with van der Waals surface area (Å²) in [7, 11) is 0. The van der Waals surface area contributed by atoms with Gasteiger partial charge < -0.3 is 5.73 Å². The summed E-state index contributed by atoms with van der Waals surface area (Å²) in [6.45, 7) is 0. The maximum Gasteiger partial charge on any atom is 0.142 e. The molecule has 4 unspecified atom stereocenters. The number of halogens is 1. The number of hydrogen-bond acceptors (Lipinski definition) is 3. The first-order valence-corrected chi connectivity index (χ1v) is 7.37. The quantitative estimate of drug-likeness (QED) is 0.917. The van der Waals surface area contributed by atoms with Gasteiger partial charge in [0.05, 0.1) is 4.34 Å². The molecule has 4 atom stereocenters. The average Bonchev–Trinajstić information content (AvgIpc) is 2.94. The second kappa shape index (κ2) is 4.38. The van der Waals surface area contributed by atoms with E-state index in [1.165, 1.54) is 30.6 Å². The van der Waals surface area contributed by atoms with E-state index in [2.05, 4.69) is 0 Å².